The Morgan fingerprint density at radius 2 is 1.55 bits per heavy atom. The van der Waals surface area contributed by atoms with E-state index in [4.69, 9.17) is 4.74 Å². The van der Waals surface area contributed by atoms with E-state index in [1.165, 1.54) is 0 Å². The summed E-state index contributed by atoms with van der Waals surface area (Å²) in [6.07, 6.45) is 1.53. The van der Waals surface area contributed by atoms with Gasteiger partial charge >= 0.3 is 0 Å². The number of benzene rings is 2. The standard InChI is InChI=1S/C23H31N3O3/c1-5-17(4)29-21-8-6-7-20(14-21)26-23(28)15-24-18-9-11-19(12-10-18)25-22(27)13-16(2)3/h6-12,14,16-17,24H,5,13,15H2,1-4H3,(H,25,27)(H,26,28). The molecule has 6 nitrogen and oxygen atoms in total. The van der Waals surface area contributed by atoms with Crippen molar-refractivity contribution in [2.24, 2.45) is 5.92 Å². The van der Waals surface area contributed by atoms with Crippen molar-refractivity contribution in [1.29, 1.82) is 0 Å². The summed E-state index contributed by atoms with van der Waals surface area (Å²) in [5.74, 6) is 0.900. The van der Waals surface area contributed by atoms with Crippen molar-refractivity contribution >= 4 is 28.9 Å². The van der Waals surface area contributed by atoms with Crippen LogP contribution in [0.3, 0.4) is 0 Å². The largest absolute Gasteiger partial charge is 0.491 e. The van der Waals surface area contributed by atoms with E-state index < -0.39 is 0 Å². The molecular weight excluding hydrogens is 366 g/mol. The van der Waals surface area contributed by atoms with Crippen molar-refractivity contribution in [2.45, 2.75) is 46.6 Å². The SMILES string of the molecule is CCC(C)Oc1cccc(NC(=O)CNc2ccc(NC(=O)CC(C)C)cc2)c1. The molecule has 0 aromatic heterocycles. The number of anilines is 3. The molecule has 0 heterocycles. The quantitative estimate of drug-likeness (QED) is 0.533. The number of ether oxygens (including phenoxy) is 1. The van der Waals surface area contributed by atoms with Crippen molar-refractivity contribution in [3.63, 3.8) is 0 Å². The van der Waals surface area contributed by atoms with Gasteiger partial charge in [-0.2, -0.15) is 0 Å². The summed E-state index contributed by atoms with van der Waals surface area (Å²) in [7, 11) is 0. The van der Waals surface area contributed by atoms with Gasteiger partial charge < -0.3 is 20.7 Å². The van der Waals surface area contributed by atoms with Crippen LogP contribution < -0.4 is 20.7 Å². The first kappa shape index (κ1) is 22.3. The maximum Gasteiger partial charge on any atom is 0.243 e. The summed E-state index contributed by atoms with van der Waals surface area (Å²) >= 11 is 0. The average Bonchev–Trinajstić information content (AvgIpc) is 2.67. The summed E-state index contributed by atoms with van der Waals surface area (Å²) in [6, 6.07) is 14.7. The molecule has 3 N–H and O–H groups in total. The lowest BCUT2D eigenvalue weighted by Gasteiger charge is -2.14. The Morgan fingerprint density at radius 3 is 2.21 bits per heavy atom. The van der Waals surface area contributed by atoms with Gasteiger partial charge in [0, 0.05) is 29.5 Å². The highest BCUT2D eigenvalue weighted by molar-refractivity contribution is 5.94. The minimum absolute atomic E-state index is 0.000345. The second-order valence-electron chi connectivity index (χ2n) is 7.49. The van der Waals surface area contributed by atoms with Gasteiger partial charge in [0.1, 0.15) is 5.75 Å². The topological polar surface area (TPSA) is 79.5 Å². The molecule has 156 valence electrons. The Labute approximate surface area is 173 Å². The number of amides is 2. The molecule has 2 aromatic rings. The average molecular weight is 398 g/mol. The Kier molecular flexibility index (Phi) is 8.52. The summed E-state index contributed by atoms with van der Waals surface area (Å²) in [5, 5.41) is 8.80. The molecule has 6 heteroatoms. The molecule has 0 bridgehead atoms. The molecule has 2 rings (SSSR count). The Bertz CT molecular complexity index is 803. The van der Waals surface area contributed by atoms with Crippen LogP contribution in [-0.2, 0) is 9.59 Å². The lowest BCUT2D eigenvalue weighted by atomic mass is 10.1. The van der Waals surface area contributed by atoms with E-state index in [1.54, 1.807) is 0 Å². The van der Waals surface area contributed by atoms with Gasteiger partial charge in [-0.05, 0) is 55.7 Å². The van der Waals surface area contributed by atoms with Crippen LogP contribution in [-0.4, -0.2) is 24.5 Å². The number of rotatable bonds is 10. The van der Waals surface area contributed by atoms with E-state index >= 15 is 0 Å². The van der Waals surface area contributed by atoms with Gasteiger partial charge in [-0.3, -0.25) is 9.59 Å². The first-order chi connectivity index (χ1) is 13.9. The highest BCUT2D eigenvalue weighted by atomic mass is 16.5. The number of nitrogens with one attached hydrogen (secondary N) is 3. The molecule has 0 aliphatic rings. The van der Waals surface area contributed by atoms with Crippen LogP contribution in [0.4, 0.5) is 17.1 Å². The molecule has 2 aromatic carbocycles. The first-order valence-corrected chi connectivity index (χ1v) is 10.1. The molecule has 0 saturated heterocycles. The van der Waals surface area contributed by atoms with Gasteiger partial charge in [-0.15, -0.1) is 0 Å². The third-order valence-corrected chi connectivity index (χ3v) is 4.25. The van der Waals surface area contributed by atoms with Crippen molar-refractivity contribution in [2.75, 3.05) is 22.5 Å². The van der Waals surface area contributed by atoms with Gasteiger partial charge in [0.05, 0.1) is 12.6 Å². The highest BCUT2D eigenvalue weighted by Gasteiger charge is 2.07. The van der Waals surface area contributed by atoms with Crippen molar-refractivity contribution in [3.8, 4) is 5.75 Å². The van der Waals surface area contributed by atoms with E-state index in [0.29, 0.717) is 18.0 Å². The van der Waals surface area contributed by atoms with E-state index in [2.05, 4.69) is 22.9 Å². The van der Waals surface area contributed by atoms with Gasteiger partial charge in [0.25, 0.3) is 0 Å². The molecule has 0 fully saturated rings. The Hall–Kier alpha value is -3.02. The highest BCUT2D eigenvalue weighted by Crippen LogP contribution is 2.19. The predicted molar refractivity (Wildman–Crippen MR) is 118 cm³/mol. The zero-order valence-electron chi connectivity index (χ0n) is 17.6. The summed E-state index contributed by atoms with van der Waals surface area (Å²) in [5.41, 5.74) is 2.24. The molecule has 0 radical (unpaired) electrons. The first-order valence-electron chi connectivity index (χ1n) is 10.1. The van der Waals surface area contributed by atoms with Crippen LogP contribution in [0.1, 0.15) is 40.5 Å². The molecule has 0 aliphatic carbocycles. The zero-order valence-corrected chi connectivity index (χ0v) is 17.6. The van der Waals surface area contributed by atoms with E-state index in [-0.39, 0.29) is 24.5 Å². The second-order valence-corrected chi connectivity index (χ2v) is 7.49. The maximum absolute atomic E-state index is 12.2. The number of hydrogen-bond acceptors (Lipinski definition) is 4. The molecule has 29 heavy (non-hydrogen) atoms. The van der Waals surface area contributed by atoms with Crippen LogP contribution >= 0.6 is 0 Å². The predicted octanol–water partition coefficient (Wildman–Crippen LogP) is 4.90. The lowest BCUT2D eigenvalue weighted by Crippen LogP contribution is -2.21. The monoisotopic (exact) mass is 397 g/mol. The molecule has 1 atom stereocenters. The van der Waals surface area contributed by atoms with Gasteiger partial charge in [0.2, 0.25) is 11.8 Å². The minimum Gasteiger partial charge on any atom is -0.491 e. The van der Waals surface area contributed by atoms with E-state index in [9.17, 15) is 9.59 Å². The van der Waals surface area contributed by atoms with E-state index in [0.717, 1.165) is 23.5 Å². The van der Waals surface area contributed by atoms with Gasteiger partial charge in [-0.1, -0.05) is 26.8 Å². The fourth-order valence-corrected chi connectivity index (χ4v) is 2.60. The Morgan fingerprint density at radius 1 is 0.897 bits per heavy atom. The minimum atomic E-state index is -0.153. The van der Waals surface area contributed by atoms with E-state index in [1.807, 2.05) is 69.3 Å². The molecule has 0 aliphatic heterocycles. The summed E-state index contributed by atoms with van der Waals surface area (Å²) < 4.78 is 5.78. The number of hydrogen-bond donors (Lipinski definition) is 3. The number of carbonyl (C=O) groups is 2. The van der Waals surface area contributed by atoms with Gasteiger partial charge in [-0.25, -0.2) is 0 Å². The molecule has 0 saturated carbocycles. The van der Waals surface area contributed by atoms with Crippen LogP contribution in [0.2, 0.25) is 0 Å². The summed E-state index contributed by atoms with van der Waals surface area (Å²) in [4.78, 5) is 24.0. The molecule has 1 unspecified atom stereocenters. The van der Waals surface area contributed by atoms with Crippen LogP contribution in [0, 0.1) is 5.92 Å². The second kappa shape index (κ2) is 11.1. The fourth-order valence-electron chi connectivity index (χ4n) is 2.60. The molecular formula is C23H31N3O3. The Balaban J connectivity index is 1.82. The van der Waals surface area contributed by atoms with Crippen LogP contribution in [0.25, 0.3) is 0 Å². The number of carbonyl (C=O) groups excluding carboxylic acids is 2. The molecule has 2 amide bonds. The van der Waals surface area contributed by atoms with Crippen molar-refractivity contribution in [3.05, 3.63) is 48.5 Å². The summed E-state index contributed by atoms with van der Waals surface area (Å²) in [6.45, 7) is 8.22. The molecule has 0 spiro atoms. The maximum atomic E-state index is 12.2. The van der Waals surface area contributed by atoms with Crippen LogP contribution in [0.5, 0.6) is 5.75 Å². The van der Waals surface area contributed by atoms with Crippen LogP contribution in [0.15, 0.2) is 48.5 Å². The normalized spacial score (nSPS) is 11.6. The lowest BCUT2D eigenvalue weighted by molar-refractivity contribution is -0.117. The van der Waals surface area contributed by atoms with Crippen molar-refractivity contribution < 1.29 is 14.3 Å². The third kappa shape index (κ3) is 8.25. The van der Waals surface area contributed by atoms with Gasteiger partial charge in [0.15, 0.2) is 0 Å². The van der Waals surface area contributed by atoms with Crippen molar-refractivity contribution in [1.82, 2.24) is 0 Å². The smallest absolute Gasteiger partial charge is 0.243 e. The third-order valence-electron chi connectivity index (χ3n) is 4.25. The zero-order chi connectivity index (χ0) is 21.2. The fraction of sp³-hybridized carbons (Fsp3) is 0.391.